The maximum absolute atomic E-state index is 12.9. The molecule has 0 aliphatic heterocycles. The summed E-state index contributed by atoms with van der Waals surface area (Å²) in [5.74, 6) is -0.198. The van der Waals surface area contributed by atoms with Crippen LogP contribution >= 0.6 is 0 Å². The molecule has 0 amide bonds. The monoisotopic (exact) mass is 493 g/mol. The normalized spacial score (nSPS) is 11.3. The van der Waals surface area contributed by atoms with Crippen molar-refractivity contribution in [2.24, 2.45) is 0 Å². The standard InChI is InChI=1S/C26H23NO7S/c1-3-32-19-9-11-20(12-10-19)35(30,31)27-23-7-5-4-6-22(23)26(29)33-16-18-15-25(28)34-24-14-17(2)8-13-21(18)24/h4-15,27H,3,16H2,1-2H3. The lowest BCUT2D eigenvalue weighted by Gasteiger charge is -2.13. The highest BCUT2D eigenvalue weighted by atomic mass is 32.2. The molecule has 4 aromatic rings. The molecule has 8 nitrogen and oxygen atoms in total. The number of rotatable bonds is 8. The van der Waals surface area contributed by atoms with Crippen molar-refractivity contribution in [1.82, 2.24) is 0 Å². The van der Waals surface area contributed by atoms with Crippen LogP contribution in [0.5, 0.6) is 5.75 Å². The third-order valence-corrected chi connectivity index (χ3v) is 6.56. The lowest BCUT2D eigenvalue weighted by atomic mass is 10.1. The molecule has 0 radical (unpaired) electrons. The van der Waals surface area contributed by atoms with E-state index in [1.165, 1.54) is 30.3 Å². The van der Waals surface area contributed by atoms with Gasteiger partial charge in [0, 0.05) is 17.0 Å². The summed E-state index contributed by atoms with van der Waals surface area (Å²) in [4.78, 5) is 24.8. The van der Waals surface area contributed by atoms with E-state index in [1.54, 1.807) is 36.4 Å². The van der Waals surface area contributed by atoms with Crippen molar-refractivity contribution in [2.75, 3.05) is 11.3 Å². The smallest absolute Gasteiger partial charge is 0.340 e. The lowest BCUT2D eigenvalue weighted by molar-refractivity contribution is 0.0475. The maximum Gasteiger partial charge on any atom is 0.340 e. The molecule has 0 spiro atoms. The summed E-state index contributed by atoms with van der Waals surface area (Å²) in [5.41, 5.74) is 1.34. The Labute approximate surface area is 202 Å². The van der Waals surface area contributed by atoms with E-state index in [9.17, 15) is 18.0 Å². The average molecular weight is 494 g/mol. The Morgan fingerprint density at radius 3 is 2.49 bits per heavy atom. The molecule has 0 atom stereocenters. The first-order valence-electron chi connectivity index (χ1n) is 10.8. The number of benzene rings is 3. The van der Waals surface area contributed by atoms with Crippen LogP contribution in [0.4, 0.5) is 5.69 Å². The maximum atomic E-state index is 12.9. The van der Waals surface area contributed by atoms with E-state index in [0.29, 0.717) is 28.9 Å². The van der Waals surface area contributed by atoms with E-state index in [2.05, 4.69) is 4.72 Å². The molecule has 9 heteroatoms. The number of hydrogen-bond acceptors (Lipinski definition) is 7. The van der Waals surface area contributed by atoms with Gasteiger partial charge in [0.2, 0.25) is 0 Å². The summed E-state index contributed by atoms with van der Waals surface area (Å²) in [6.07, 6.45) is 0. The second-order valence-electron chi connectivity index (χ2n) is 7.72. The third kappa shape index (κ3) is 5.52. The number of carbonyl (C=O) groups is 1. The van der Waals surface area contributed by atoms with Crippen LogP contribution in [-0.4, -0.2) is 21.0 Å². The number of hydrogen-bond donors (Lipinski definition) is 1. The second-order valence-corrected chi connectivity index (χ2v) is 9.40. The fraction of sp³-hybridized carbons (Fsp3) is 0.154. The van der Waals surface area contributed by atoms with E-state index >= 15 is 0 Å². The van der Waals surface area contributed by atoms with Crippen molar-refractivity contribution < 1.29 is 27.1 Å². The van der Waals surface area contributed by atoms with Crippen LogP contribution in [0.15, 0.2) is 86.9 Å². The Morgan fingerprint density at radius 2 is 1.74 bits per heavy atom. The molecular weight excluding hydrogens is 470 g/mol. The largest absolute Gasteiger partial charge is 0.494 e. The van der Waals surface area contributed by atoms with Gasteiger partial charge in [-0.2, -0.15) is 0 Å². The number of ether oxygens (including phenoxy) is 2. The molecule has 0 saturated heterocycles. The summed E-state index contributed by atoms with van der Waals surface area (Å²) in [7, 11) is -3.97. The van der Waals surface area contributed by atoms with E-state index in [-0.39, 0.29) is 22.8 Å². The summed E-state index contributed by atoms with van der Waals surface area (Å²) in [6.45, 7) is 3.98. The molecule has 35 heavy (non-hydrogen) atoms. The number of carbonyl (C=O) groups excluding carboxylic acids is 1. The van der Waals surface area contributed by atoms with E-state index in [0.717, 1.165) is 5.56 Å². The number of anilines is 1. The summed E-state index contributed by atoms with van der Waals surface area (Å²) >= 11 is 0. The number of nitrogens with one attached hydrogen (secondary N) is 1. The van der Waals surface area contributed by atoms with Crippen molar-refractivity contribution in [2.45, 2.75) is 25.3 Å². The SMILES string of the molecule is CCOc1ccc(S(=O)(=O)Nc2ccccc2C(=O)OCc2cc(=O)oc3cc(C)ccc23)cc1. The number of aryl methyl sites for hydroxylation is 1. The minimum Gasteiger partial charge on any atom is -0.494 e. The predicted molar refractivity (Wildman–Crippen MR) is 131 cm³/mol. The Hall–Kier alpha value is -4.11. The Bertz CT molecular complexity index is 1540. The average Bonchev–Trinajstić information content (AvgIpc) is 2.82. The van der Waals surface area contributed by atoms with Gasteiger partial charge in [-0.3, -0.25) is 4.72 Å². The molecule has 180 valence electrons. The minimum absolute atomic E-state index is 0.0156. The van der Waals surface area contributed by atoms with Crippen molar-refractivity contribution in [3.8, 4) is 5.75 Å². The number of sulfonamides is 1. The van der Waals surface area contributed by atoms with Gasteiger partial charge in [0.05, 0.1) is 22.8 Å². The van der Waals surface area contributed by atoms with Crippen LogP contribution in [0, 0.1) is 6.92 Å². The molecule has 0 bridgehead atoms. The lowest BCUT2D eigenvalue weighted by Crippen LogP contribution is -2.16. The van der Waals surface area contributed by atoms with E-state index in [4.69, 9.17) is 13.9 Å². The van der Waals surface area contributed by atoms with Crippen molar-refractivity contribution in [3.63, 3.8) is 0 Å². The highest BCUT2D eigenvalue weighted by molar-refractivity contribution is 7.92. The molecule has 3 aromatic carbocycles. The van der Waals surface area contributed by atoms with Crippen LogP contribution in [0.1, 0.15) is 28.4 Å². The molecule has 0 aliphatic carbocycles. The van der Waals surface area contributed by atoms with Crippen LogP contribution < -0.4 is 15.1 Å². The van der Waals surface area contributed by atoms with Gasteiger partial charge in [-0.25, -0.2) is 18.0 Å². The van der Waals surface area contributed by atoms with Gasteiger partial charge >= 0.3 is 11.6 Å². The predicted octanol–water partition coefficient (Wildman–Crippen LogP) is 4.66. The number of fused-ring (bicyclic) bond motifs is 1. The molecule has 1 heterocycles. The van der Waals surface area contributed by atoms with Gasteiger partial charge in [-0.15, -0.1) is 0 Å². The zero-order valence-electron chi connectivity index (χ0n) is 19.1. The minimum atomic E-state index is -3.97. The number of para-hydroxylation sites is 1. The molecular formula is C26H23NO7S. The molecule has 1 aromatic heterocycles. The molecule has 0 unspecified atom stereocenters. The van der Waals surface area contributed by atoms with E-state index < -0.39 is 21.6 Å². The quantitative estimate of drug-likeness (QED) is 0.281. The molecule has 0 aliphatic rings. The van der Waals surface area contributed by atoms with Crippen LogP contribution in [0.2, 0.25) is 0 Å². The van der Waals surface area contributed by atoms with Crippen LogP contribution in [0.3, 0.4) is 0 Å². The highest BCUT2D eigenvalue weighted by Gasteiger charge is 2.20. The topological polar surface area (TPSA) is 112 Å². The summed E-state index contributed by atoms with van der Waals surface area (Å²) < 4.78 is 44.2. The van der Waals surface area contributed by atoms with Gasteiger partial charge in [-0.1, -0.05) is 24.3 Å². The summed E-state index contributed by atoms with van der Waals surface area (Å²) in [5, 5.41) is 0.646. The Morgan fingerprint density at radius 1 is 1.00 bits per heavy atom. The molecule has 1 N–H and O–H groups in total. The second kappa shape index (κ2) is 10.0. The molecule has 4 rings (SSSR count). The van der Waals surface area contributed by atoms with Gasteiger partial charge in [0.25, 0.3) is 10.0 Å². The first-order chi connectivity index (χ1) is 16.8. The molecule has 0 saturated carbocycles. The highest BCUT2D eigenvalue weighted by Crippen LogP contribution is 2.24. The van der Waals surface area contributed by atoms with Gasteiger partial charge in [-0.05, 0) is 61.9 Å². The first-order valence-corrected chi connectivity index (χ1v) is 12.3. The van der Waals surface area contributed by atoms with E-state index in [1.807, 2.05) is 19.9 Å². The zero-order chi connectivity index (χ0) is 25.0. The zero-order valence-corrected chi connectivity index (χ0v) is 19.9. The van der Waals surface area contributed by atoms with Crippen molar-refractivity contribution in [3.05, 3.63) is 99.9 Å². The van der Waals surface area contributed by atoms with Crippen LogP contribution in [0.25, 0.3) is 11.0 Å². The third-order valence-electron chi connectivity index (χ3n) is 5.18. The van der Waals surface area contributed by atoms with Crippen molar-refractivity contribution >= 4 is 32.6 Å². The van der Waals surface area contributed by atoms with Gasteiger partial charge < -0.3 is 13.9 Å². The fourth-order valence-electron chi connectivity index (χ4n) is 3.51. The van der Waals surface area contributed by atoms with Crippen LogP contribution in [-0.2, 0) is 21.4 Å². The van der Waals surface area contributed by atoms with Gasteiger partial charge in [0.1, 0.15) is 17.9 Å². The first kappa shape index (κ1) is 24.0. The van der Waals surface area contributed by atoms with Crippen molar-refractivity contribution in [1.29, 1.82) is 0 Å². The van der Waals surface area contributed by atoms with Gasteiger partial charge in [0.15, 0.2) is 0 Å². The Balaban J connectivity index is 1.55. The summed E-state index contributed by atoms with van der Waals surface area (Å²) in [6, 6.07) is 18.7. The number of esters is 1. The fourth-order valence-corrected chi connectivity index (χ4v) is 4.59. The Kier molecular flexibility index (Phi) is 6.88. The molecule has 0 fully saturated rings.